The molecule has 2 rings (SSSR count). The number of hydrogen-bond donors (Lipinski definition) is 2. The van der Waals surface area contributed by atoms with E-state index in [0.717, 1.165) is 56.7 Å². The van der Waals surface area contributed by atoms with E-state index in [1.807, 2.05) is 31.2 Å². The Morgan fingerprint density at radius 1 is 1.07 bits per heavy atom. The summed E-state index contributed by atoms with van der Waals surface area (Å²) in [6.45, 7) is 13.8. The van der Waals surface area contributed by atoms with Gasteiger partial charge in [-0.05, 0) is 32.5 Å². The van der Waals surface area contributed by atoms with Crippen molar-refractivity contribution in [1.29, 1.82) is 0 Å². The summed E-state index contributed by atoms with van der Waals surface area (Å²) in [4.78, 5) is 9.37. The third-order valence-corrected chi connectivity index (χ3v) is 5.22. The van der Waals surface area contributed by atoms with Crippen molar-refractivity contribution in [3.63, 3.8) is 0 Å². The Morgan fingerprint density at radius 2 is 1.69 bits per heavy atom. The van der Waals surface area contributed by atoms with Crippen LogP contribution in [-0.4, -0.2) is 87.9 Å². The lowest BCUT2D eigenvalue weighted by Crippen LogP contribution is -2.53. The van der Waals surface area contributed by atoms with E-state index in [1.165, 1.54) is 0 Å². The number of halogens is 1. The molecule has 2 unspecified atom stereocenters. The first kappa shape index (κ1) is 25.8. The van der Waals surface area contributed by atoms with Crippen LogP contribution >= 0.6 is 24.0 Å². The van der Waals surface area contributed by atoms with Crippen LogP contribution in [0.25, 0.3) is 0 Å². The maximum Gasteiger partial charge on any atom is 0.191 e. The molecular formula is C21H38IN5O2. The highest BCUT2D eigenvalue weighted by molar-refractivity contribution is 14.0. The number of piperazine rings is 1. The van der Waals surface area contributed by atoms with E-state index in [9.17, 15) is 0 Å². The van der Waals surface area contributed by atoms with E-state index in [2.05, 4.69) is 39.3 Å². The van der Waals surface area contributed by atoms with Gasteiger partial charge in [0.1, 0.15) is 6.10 Å². The second-order valence-corrected chi connectivity index (χ2v) is 7.23. The number of methoxy groups -OCH3 is 1. The zero-order valence-electron chi connectivity index (χ0n) is 18.5. The summed E-state index contributed by atoms with van der Waals surface area (Å²) in [5, 5.41) is 6.78. The maximum absolute atomic E-state index is 5.99. The molecule has 1 aliphatic rings. The normalized spacial score (nSPS) is 17.8. The molecule has 29 heavy (non-hydrogen) atoms. The van der Waals surface area contributed by atoms with Gasteiger partial charge in [0, 0.05) is 45.8 Å². The van der Waals surface area contributed by atoms with E-state index >= 15 is 0 Å². The number of aliphatic imine (C=N–C) groups is 1. The zero-order chi connectivity index (χ0) is 20.4. The standard InChI is InChI=1S/C21H37N5O2.HI/c1-6-25-11-13-26(14-12-25)17(2)15-23-21(22-4)24-16-18(3)28-20-10-8-7-9-19(20)27-5;/h7-10,17-18H,6,11-16H2,1-5H3,(H2,22,23,24);1H. The highest BCUT2D eigenvalue weighted by Crippen LogP contribution is 2.26. The van der Waals surface area contributed by atoms with Gasteiger partial charge < -0.3 is 25.0 Å². The minimum atomic E-state index is -0.0191. The molecule has 1 saturated heterocycles. The van der Waals surface area contributed by atoms with Gasteiger partial charge in [0.05, 0.1) is 13.7 Å². The Labute approximate surface area is 193 Å². The van der Waals surface area contributed by atoms with Crippen LogP contribution in [0.4, 0.5) is 0 Å². The number of rotatable bonds is 9. The van der Waals surface area contributed by atoms with E-state index in [0.29, 0.717) is 12.6 Å². The summed E-state index contributed by atoms with van der Waals surface area (Å²) in [6, 6.07) is 8.17. The largest absolute Gasteiger partial charge is 0.493 e. The summed E-state index contributed by atoms with van der Waals surface area (Å²) in [7, 11) is 3.45. The monoisotopic (exact) mass is 519 g/mol. The number of ether oxygens (including phenoxy) is 2. The summed E-state index contributed by atoms with van der Waals surface area (Å²) < 4.78 is 11.3. The van der Waals surface area contributed by atoms with Gasteiger partial charge in [-0.25, -0.2) is 0 Å². The van der Waals surface area contributed by atoms with Crippen molar-refractivity contribution >= 4 is 29.9 Å². The van der Waals surface area contributed by atoms with Gasteiger partial charge in [-0.1, -0.05) is 19.1 Å². The predicted octanol–water partition coefficient (Wildman–Crippen LogP) is 2.27. The number of guanidine groups is 1. The number of nitrogens with one attached hydrogen (secondary N) is 2. The number of likely N-dealkylation sites (N-methyl/N-ethyl adjacent to an activating group) is 1. The van der Waals surface area contributed by atoms with E-state index in [-0.39, 0.29) is 30.1 Å². The van der Waals surface area contributed by atoms with Crippen LogP contribution in [0, 0.1) is 0 Å². The molecule has 0 aliphatic carbocycles. The first-order chi connectivity index (χ1) is 13.6. The SMILES string of the molecule is CCN1CCN(C(C)CNC(=NC)NCC(C)Oc2ccccc2OC)CC1.I. The van der Waals surface area contributed by atoms with Crippen molar-refractivity contribution in [3.8, 4) is 11.5 Å². The van der Waals surface area contributed by atoms with Crippen LogP contribution in [0.2, 0.25) is 0 Å². The summed E-state index contributed by atoms with van der Waals surface area (Å²) in [5.41, 5.74) is 0. The van der Waals surface area contributed by atoms with Crippen molar-refractivity contribution < 1.29 is 9.47 Å². The average molecular weight is 519 g/mol. The molecule has 0 radical (unpaired) electrons. The van der Waals surface area contributed by atoms with Crippen LogP contribution < -0.4 is 20.1 Å². The molecule has 166 valence electrons. The maximum atomic E-state index is 5.99. The molecule has 0 saturated carbocycles. The Bertz CT molecular complexity index is 608. The summed E-state index contributed by atoms with van der Waals surface area (Å²) in [5.74, 6) is 2.30. The minimum absolute atomic E-state index is 0. The van der Waals surface area contributed by atoms with E-state index < -0.39 is 0 Å². The molecule has 1 heterocycles. The number of nitrogens with zero attached hydrogens (tertiary/aromatic N) is 3. The van der Waals surface area contributed by atoms with E-state index in [4.69, 9.17) is 9.47 Å². The molecule has 1 aliphatic heterocycles. The number of hydrogen-bond acceptors (Lipinski definition) is 5. The van der Waals surface area contributed by atoms with Gasteiger partial charge in [0.2, 0.25) is 0 Å². The zero-order valence-corrected chi connectivity index (χ0v) is 20.8. The molecule has 2 atom stereocenters. The lowest BCUT2D eigenvalue weighted by molar-refractivity contribution is 0.107. The van der Waals surface area contributed by atoms with Crippen molar-refractivity contribution in [2.45, 2.75) is 32.9 Å². The third-order valence-electron chi connectivity index (χ3n) is 5.22. The fourth-order valence-electron chi connectivity index (χ4n) is 3.33. The molecule has 0 bridgehead atoms. The van der Waals surface area contributed by atoms with E-state index in [1.54, 1.807) is 14.2 Å². The highest BCUT2D eigenvalue weighted by atomic mass is 127. The number of benzene rings is 1. The van der Waals surface area contributed by atoms with Gasteiger partial charge in [0.15, 0.2) is 17.5 Å². The lowest BCUT2D eigenvalue weighted by atomic mass is 10.2. The predicted molar refractivity (Wildman–Crippen MR) is 131 cm³/mol. The fraction of sp³-hybridized carbons (Fsp3) is 0.667. The highest BCUT2D eigenvalue weighted by Gasteiger charge is 2.20. The molecule has 8 heteroatoms. The third kappa shape index (κ3) is 8.55. The molecular weight excluding hydrogens is 481 g/mol. The molecule has 2 N–H and O–H groups in total. The molecule has 1 fully saturated rings. The van der Waals surface area contributed by atoms with Crippen LogP contribution in [0.3, 0.4) is 0 Å². The summed E-state index contributed by atoms with van der Waals surface area (Å²) in [6.07, 6.45) is -0.0191. The first-order valence-electron chi connectivity index (χ1n) is 10.3. The van der Waals surface area contributed by atoms with Gasteiger partial charge in [0.25, 0.3) is 0 Å². The van der Waals surface area contributed by atoms with Crippen LogP contribution in [0.15, 0.2) is 29.3 Å². The smallest absolute Gasteiger partial charge is 0.191 e. The fourth-order valence-corrected chi connectivity index (χ4v) is 3.33. The topological polar surface area (TPSA) is 61.4 Å². The Balaban J connectivity index is 0.00000420. The first-order valence-corrected chi connectivity index (χ1v) is 10.3. The lowest BCUT2D eigenvalue weighted by Gasteiger charge is -2.37. The van der Waals surface area contributed by atoms with Crippen LogP contribution in [-0.2, 0) is 0 Å². The Hall–Kier alpha value is -1.26. The minimum Gasteiger partial charge on any atom is -0.493 e. The average Bonchev–Trinajstić information content (AvgIpc) is 2.74. The Morgan fingerprint density at radius 3 is 2.28 bits per heavy atom. The van der Waals surface area contributed by atoms with Crippen molar-refractivity contribution in [2.75, 3.05) is 60.0 Å². The molecule has 1 aromatic carbocycles. The molecule has 0 aromatic heterocycles. The second-order valence-electron chi connectivity index (χ2n) is 7.23. The second kappa shape index (κ2) is 13.9. The molecule has 1 aromatic rings. The summed E-state index contributed by atoms with van der Waals surface area (Å²) >= 11 is 0. The van der Waals surface area contributed by atoms with Crippen molar-refractivity contribution in [3.05, 3.63) is 24.3 Å². The molecule has 0 spiro atoms. The molecule has 0 amide bonds. The van der Waals surface area contributed by atoms with Gasteiger partial charge in [-0.2, -0.15) is 0 Å². The number of para-hydroxylation sites is 2. The Kier molecular flexibility index (Phi) is 12.3. The van der Waals surface area contributed by atoms with Crippen molar-refractivity contribution in [1.82, 2.24) is 20.4 Å². The van der Waals surface area contributed by atoms with Gasteiger partial charge >= 0.3 is 0 Å². The quantitative estimate of drug-likeness (QED) is 0.297. The molecule has 7 nitrogen and oxygen atoms in total. The van der Waals surface area contributed by atoms with Crippen LogP contribution in [0.5, 0.6) is 11.5 Å². The van der Waals surface area contributed by atoms with Crippen LogP contribution in [0.1, 0.15) is 20.8 Å². The van der Waals surface area contributed by atoms with Gasteiger partial charge in [-0.3, -0.25) is 9.89 Å². The van der Waals surface area contributed by atoms with Gasteiger partial charge in [-0.15, -0.1) is 24.0 Å². The van der Waals surface area contributed by atoms with Crippen molar-refractivity contribution in [2.24, 2.45) is 4.99 Å².